The van der Waals surface area contributed by atoms with Crippen LogP contribution >= 0.6 is 0 Å². The first-order valence-corrected chi connectivity index (χ1v) is 3.93. The van der Waals surface area contributed by atoms with Crippen molar-refractivity contribution in [2.45, 2.75) is 0 Å². The van der Waals surface area contributed by atoms with Gasteiger partial charge in [-0.05, 0) is 18.2 Å². The summed E-state index contributed by atoms with van der Waals surface area (Å²) in [6.07, 6.45) is 3.64. The summed E-state index contributed by atoms with van der Waals surface area (Å²) in [6, 6.07) is 9.83. The Balaban J connectivity index is 0.000000132. The lowest BCUT2D eigenvalue weighted by Crippen LogP contribution is -1.83. The summed E-state index contributed by atoms with van der Waals surface area (Å²) in [5.74, 6) is -0.178. The second kappa shape index (κ2) is 5.09. The molecule has 13 heavy (non-hydrogen) atoms. The summed E-state index contributed by atoms with van der Waals surface area (Å²) in [4.78, 5) is 0. The zero-order valence-electron chi connectivity index (χ0n) is 7.39. The van der Waals surface area contributed by atoms with Crippen molar-refractivity contribution in [3.05, 3.63) is 54.6 Å². The topological polar surface area (TPSA) is 17.8 Å². The molecule has 0 aliphatic carbocycles. The van der Waals surface area contributed by atoms with Gasteiger partial charge >= 0.3 is 0 Å². The molecule has 2 rings (SSSR count). The Morgan fingerprint density at radius 3 is 2.08 bits per heavy atom. The lowest BCUT2D eigenvalue weighted by Gasteiger charge is -1.78. The molecule has 3 heteroatoms. The monoisotopic (exact) mass is 178 g/mol. The third-order valence-electron chi connectivity index (χ3n) is 1.37. The van der Waals surface area contributed by atoms with E-state index in [1.54, 1.807) is 29.1 Å². The van der Waals surface area contributed by atoms with E-state index in [2.05, 4.69) is 5.10 Å². The normalized spacial score (nSPS) is 8.77. The smallest absolute Gasteiger partial charge is 0.123 e. The van der Waals surface area contributed by atoms with Crippen LogP contribution in [0.2, 0.25) is 0 Å². The van der Waals surface area contributed by atoms with Gasteiger partial charge in [0.05, 0.1) is 0 Å². The van der Waals surface area contributed by atoms with Gasteiger partial charge in [0.1, 0.15) is 5.82 Å². The van der Waals surface area contributed by atoms with E-state index >= 15 is 0 Å². The van der Waals surface area contributed by atoms with Crippen molar-refractivity contribution in [3.63, 3.8) is 0 Å². The van der Waals surface area contributed by atoms with Crippen molar-refractivity contribution in [2.75, 3.05) is 0 Å². The third-order valence-corrected chi connectivity index (χ3v) is 1.37. The lowest BCUT2D eigenvalue weighted by atomic mass is 10.4. The van der Waals surface area contributed by atoms with Crippen molar-refractivity contribution in [2.24, 2.45) is 7.05 Å². The molecular formula is C10H11FN2. The molecule has 0 aliphatic rings. The maximum absolute atomic E-state index is 11.9. The minimum atomic E-state index is -0.178. The molecule has 1 aromatic heterocycles. The van der Waals surface area contributed by atoms with Crippen LogP contribution in [0.5, 0.6) is 0 Å². The van der Waals surface area contributed by atoms with Gasteiger partial charge in [-0.1, -0.05) is 18.2 Å². The Bertz CT molecular complexity index is 316. The molecule has 0 spiro atoms. The summed E-state index contributed by atoms with van der Waals surface area (Å²) in [6.45, 7) is 0. The molecule has 2 nitrogen and oxygen atoms in total. The molecule has 2 aromatic rings. The number of rotatable bonds is 0. The predicted molar refractivity (Wildman–Crippen MR) is 49.6 cm³/mol. The standard InChI is InChI=1S/C6H5F.C4H6N2/c7-6-4-2-1-3-5-6;1-6-4-2-3-5-6/h1-5H;2-4H,1H3. The number of hydrogen-bond donors (Lipinski definition) is 0. The van der Waals surface area contributed by atoms with Crippen molar-refractivity contribution >= 4 is 0 Å². The van der Waals surface area contributed by atoms with Crippen LogP contribution < -0.4 is 0 Å². The van der Waals surface area contributed by atoms with Crippen molar-refractivity contribution < 1.29 is 4.39 Å². The van der Waals surface area contributed by atoms with Gasteiger partial charge in [0.25, 0.3) is 0 Å². The number of nitrogens with zero attached hydrogens (tertiary/aromatic N) is 2. The maximum Gasteiger partial charge on any atom is 0.123 e. The van der Waals surface area contributed by atoms with E-state index < -0.39 is 0 Å². The first-order valence-electron chi connectivity index (χ1n) is 3.93. The molecule has 0 N–H and O–H groups in total. The van der Waals surface area contributed by atoms with Gasteiger partial charge < -0.3 is 0 Å². The van der Waals surface area contributed by atoms with Crippen molar-refractivity contribution in [1.82, 2.24) is 9.78 Å². The first-order chi connectivity index (χ1) is 6.29. The average molecular weight is 178 g/mol. The van der Waals surface area contributed by atoms with Crippen LogP contribution in [0.3, 0.4) is 0 Å². The second-order valence-electron chi connectivity index (χ2n) is 2.48. The number of aryl methyl sites for hydroxylation is 1. The number of benzene rings is 1. The quantitative estimate of drug-likeness (QED) is 0.605. The van der Waals surface area contributed by atoms with Gasteiger partial charge in [0, 0.05) is 19.4 Å². The molecular weight excluding hydrogens is 167 g/mol. The highest BCUT2D eigenvalue weighted by atomic mass is 19.1. The molecule has 0 fully saturated rings. The van der Waals surface area contributed by atoms with Crippen LogP contribution in [0.15, 0.2) is 48.8 Å². The van der Waals surface area contributed by atoms with Gasteiger partial charge in [-0.2, -0.15) is 5.10 Å². The molecule has 0 radical (unpaired) electrons. The summed E-state index contributed by atoms with van der Waals surface area (Å²) in [5.41, 5.74) is 0. The zero-order valence-corrected chi connectivity index (χ0v) is 7.39. The molecule has 0 saturated carbocycles. The fourth-order valence-electron chi connectivity index (χ4n) is 0.760. The number of aromatic nitrogens is 2. The largest absolute Gasteiger partial charge is 0.276 e. The SMILES string of the molecule is Cn1cccn1.Fc1ccccc1. The van der Waals surface area contributed by atoms with Gasteiger partial charge in [0.2, 0.25) is 0 Å². The van der Waals surface area contributed by atoms with E-state index in [9.17, 15) is 4.39 Å². The van der Waals surface area contributed by atoms with E-state index in [0.717, 1.165) is 0 Å². The molecule has 0 bridgehead atoms. The van der Waals surface area contributed by atoms with E-state index in [1.807, 2.05) is 19.3 Å². The summed E-state index contributed by atoms with van der Waals surface area (Å²) in [5, 5.41) is 3.83. The van der Waals surface area contributed by atoms with Crippen LogP contribution in [0.4, 0.5) is 4.39 Å². The highest BCUT2D eigenvalue weighted by Crippen LogP contribution is 1.91. The van der Waals surface area contributed by atoms with Crippen LogP contribution in [0, 0.1) is 5.82 Å². The highest BCUT2D eigenvalue weighted by Gasteiger charge is 1.77. The van der Waals surface area contributed by atoms with E-state index in [0.29, 0.717) is 0 Å². The third kappa shape index (κ3) is 4.06. The fraction of sp³-hybridized carbons (Fsp3) is 0.100. The Kier molecular flexibility index (Phi) is 3.70. The van der Waals surface area contributed by atoms with Gasteiger partial charge in [-0.15, -0.1) is 0 Å². The Labute approximate surface area is 76.6 Å². The molecule has 0 unspecified atom stereocenters. The molecule has 0 amide bonds. The Morgan fingerprint density at radius 2 is 1.85 bits per heavy atom. The van der Waals surface area contributed by atoms with Gasteiger partial charge in [-0.25, -0.2) is 4.39 Å². The van der Waals surface area contributed by atoms with Crippen LogP contribution in [-0.4, -0.2) is 9.78 Å². The zero-order chi connectivity index (χ0) is 9.52. The van der Waals surface area contributed by atoms with E-state index in [1.165, 1.54) is 12.1 Å². The van der Waals surface area contributed by atoms with Crippen molar-refractivity contribution in [1.29, 1.82) is 0 Å². The van der Waals surface area contributed by atoms with Crippen molar-refractivity contribution in [3.8, 4) is 0 Å². The molecule has 68 valence electrons. The number of halogens is 1. The number of hydrogen-bond acceptors (Lipinski definition) is 1. The predicted octanol–water partition coefficient (Wildman–Crippen LogP) is 2.25. The van der Waals surface area contributed by atoms with E-state index in [4.69, 9.17) is 0 Å². The van der Waals surface area contributed by atoms with Crippen LogP contribution in [0.25, 0.3) is 0 Å². The Morgan fingerprint density at radius 1 is 1.15 bits per heavy atom. The summed E-state index contributed by atoms with van der Waals surface area (Å²) < 4.78 is 13.7. The van der Waals surface area contributed by atoms with E-state index in [-0.39, 0.29) is 5.82 Å². The highest BCUT2D eigenvalue weighted by molar-refractivity contribution is 5.02. The Hall–Kier alpha value is -1.64. The summed E-state index contributed by atoms with van der Waals surface area (Å²) in [7, 11) is 1.89. The lowest BCUT2D eigenvalue weighted by molar-refractivity contribution is 0.628. The second-order valence-corrected chi connectivity index (χ2v) is 2.48. The molecule has 1 aromatic carbocycles. The molecule has 0 aliphatic heterocycles. The molecule has 0 saturated heterocycles. The maximum atomic E-state index is 11.9. The first kappa shape index (κ1) is 9.45. The van der Waals surface area contributed by atoms with Gasteiger partial charge in [0.15, 0.2) is 0 Å². The minimum Gasteiger partial charge on any atom is -0.276 e. The molecule has 0 atom stereocenters. The van der Waals surface area contributed by atoms with Gasteiger partial charge in [-0.3, -0.25) is 4.68 Å². The summed E-state index contributed by atoms with van der Waals surface area (Å²) >= 11 is 0. The molecule has 1 heterocycles. The minimum absolute atomic E-state index is 0.178. The average Bonchev–Trinajstić information content (AvgIpc) is 2.58. The van der Waals surface area contributed by atoms with Crippen LogP contribution in [-0.2, 0) is 7.05 Å². The fourth-order valence-corrected chi connectivity index (χ4v) is 0.760. The van der Waals surface area contributed by atoms with Crippen LogP contribution in [0.1, 0.15) is 0 Å².